The number of halogens is 3. The Morgan fingerprint density at radius 2 is 1.88 bits per heavy atom. The van der Waals surface area contributed by atoms with Gasteiger partial charge in [0.2, 0.25) is 0 Å². The van der Waals surface area contributed by atoms with Gasteiger partial charge < -0.3 is 4.57 Å². The molecule has 0 saturated heterocycles. The molecule has 0 aliphatic carbocycles. The van der Waals surface area contributed by atoms with Gasteiger partial charge in [-0.25, -0.2) is 4.79 Å². The molecule has 0 aliphatic heterocycles. The molecule has 4 nitrogen and oxygen atoms in total. The van der Waals surface area contributed by atoms with Gasteiger partial charge in [0.15, 0.2) is 0 Å². The molecule has 17 heavy (non-hydrogen) atoms. The summed E-state index contributed by atoms with van der Waals surface area (Å²) in [5, 5.41) is 0. The highest BCUT2D eigenvalue weighted by molar-refractivity contribution is 4.86. The zero-order valence-corrected chi connectivity index (χ0v) is 9.33. The molecule has 0 N–H and O–H groups in total. The fourth-order valence-corrected chi connectivity index (χ4v) is 1.41. The Balaban J connectivity index is 3.02. The summed E-state index contributed by atoms with van der Waals surface area (Å²) in [5.74, 6) is 0. The van der Waals surface area contributed by atoms with Crippen LogP contribution in [0, 0.1) is 0 Å². The quantitative estimate of drug-likeness (QED) is 0.810. The zero-order valence-electron chi connectivity index (χ0n) is 9.33. The molecule has 0 aromatic carbocycles. The van der Waals surface area contributed by atoms with Crippen molar-refractivity contribution in [3.8, 4) is 0 Å². The third kappa shape index (κ3) is 3.76. The smallest absolute Gasteiger partial charge is 0.300 e. The van der Waals surface area contributed by atoms with Crippen LogP contribution in [0.15, 0.2) is 21.9 Å². The van der Waals surface area contributed by atoms with Gasteiger partial charge in [-0.1, -0.05) is 6.92 Å². The lowest BCUT2D eigenvalue weighted by Gasteiger charge is -2.10. The van der Waals surface area contributed by atoms with E-state index in [4.69, 9.17) is 0 Å². The third-order valence-electron chi connectivity index (χ3n) is 2.22. The molecule has 0 spiro atoms. The Labute approximate surface area is 95.3 Å². The predicted molar refractivity (Wildman–Crippen MR) is 55.9 cm³/mol. The summed E-state index contributed by atoms with van der Waals surface area (Å²) in [6, 6.07) is 1.10. The first-order valence-corrected chi connectivity index (χ1v) is 5.22. The minimum Gasteiger partial charge on any atom is -0.300 e. The van der Waals surface area contributed by atoms with Crippen molar-refractivity contribution in [2.24, 2.45) is 0 Å². The fraction of sp³-hybridized carbons (Fsp3) is 0.600. The van der Waals surface area contributed by atoms with Gasteiger partial charge in [-0.3, -0.25) is 9.36 Å². The standard InChI is InChI=1S/C10H13F3N2O2/c1-2-5-14-6-3-8(16)15(9(14)17)7-4-10(11,12)13/h3,6H,2,4-5,7H2,1H3. The average Bonchev–Trinajstić information content (AvgIpc) is 2.21. The van der Waals surface area contributed by atoms with Crippen molar-refractivity contribution in [3.63, 3.8) is 0 Å². The lowest BCUT2D eigenvalue weighted by Crippen LogP contribution is -2.39. The van der Waals surface area contributed by atoms with Crippen molar-refractivity contribution in [1.29, 1.82) is 0 Å². The van der Waals surface area contributed by atoms with Crippen LogP contribution in [0.1, 0.15) is 19.8 Å². The van der Waals surface area contributed by atoms with Gasteiger partial charge in [0.1, 0.15) is 0 Å². The van der Waals surface area contributed by atoms with Crippen LogP contribution < -0.4 is 11.2 Å². The predicted octanol–water partition coefficient (Wildman–Crippen LogP) is 1.37. The topological polar surface area (TPSA) is 44.0 Å². The Kier molecular flexibility index (Phi) is 4.14. The van der Waals surface area contributed by atoms with Crippen LogP contribution in [0.3, 0.4) is 0 Å². The van der Waals surface area contributed by atoms with E-state index in [2.05, 4.69) is 0 Å². The van der Waals surface area contributed by atoms with Gasteiger partial charge >= 0.3 is 11.9 Å². The summed E-state index contributed by atoms with van der Waals surface area (Å²) >= 11 is 0. The molecule has 1 aromatic rings. The van der Waals surface area contributed by atoms with Crippen molar-refractivity contribution >= 4 is 0 Å². The molecule has 0 atom stereocenters. The van der Waals surface area contributed by atoms with Crippen LogP contribution in [-0.4, -0.2) is 15.3 Å². The maximum absolute atomic E-state index is 12.0. The summed E-state index contributed by atoms with van der Waals surface area (Å²) in [6.07, 6.45) is -3.59. The minimum atomic E-state index is -4.38. The Bertz CT molecular complexity index is 488. The van der Waals surface area contributed by atoms with E-state index in [0.29, 0.717) is 17.5 Å². The lowest BCUT2D eigenvalue weighted by atomic mass is 10.4. The maximum Gasteiger partial charge on any atom is 0.390 e. The summed E-state index contributed by atoms with van der Waals surface area (Å²) < 4.78 is 37.9. The Hall–Kier alpha value is -1.53. The highest BCUT2D eigenvalue weighted by Gasteiger charge is 2.27. The van der Waals surface area contributed by atoms with Crippen LogP contribution in [0.25, 0.3) is 0 Å². The molecule has 0 radical (unpaired) electrons. The van der Waals surface area contributed by atoms with E-state index < -0.39 is 30.4 Å². The second kappa shape index (κ2) is 5.20. The van der Waals surface area contributed by atoms with Crippen molar-refractivity contribution in [3.05, 3.63) is 33.1 Å². The third-order valence-corrected chi connectivity index (χ3v) is 2.22. The minimum absolute atomic E-state index is 0.380. The Morgan fingerprint density at radius 1 is 1.24 bits per heavy atom. The average molecular weight is 250 g/mol. The molecule has 0 fully saturated rings. The van der Waals surface area contributed by atoms with Gasteiger partial charge in [-0.2, -0.15) is 13.2 Å². The van der Waals surface area contributed by atoms with E-state index in [1.165, 1.54) is 10.8 Å². The van der Waals surface area contributed by atoms with Crippen LogP contribution >= 0.6 is 0 Å². The molecule has 0 aliphatic rings. The van der Waals surface area contributed by atoms with Gasteiger partial charge in [0.25, 0.3) is 5.56 Å². The number of alkyl halides is 3. The van der Waals surface area contributed by atoms with Crippen LogP contribution in [-0.2, 0) is 13.1 Å². The fourth-order valence-electron chi connectivity index (χ4n) is 1.41. The van der Waals surface area contributed by atoms with E-state index in [-0.39, 0.29) is 0 Å². The second-order valence-electron chi connectivity index (χ2n) is 3.65. The van der Waals surface area contributed by atoms with Gasteiger partial charge in [-0.15, -0.1) is 0 Å². The maximum atomic E-state index is 12.0. The molecule has 0 amide bonds. The summed E-state index contributed by atoms with van der Waals surface area (Å²) in [4.78, 5) is 23.0. The largest absolute Gasteiger partial charge is 0.390 e. The first kappa shape index (κ1) is 13.5. The van der Waals surface area contributed by atoms with Crippen LogP contribution in [0.5, 0.6) is 0 Å². The van der Waals surface area contributed by atoms with Gasteiger partial charge in [0.05, 0.1) is 6.42 Å². The first-order valence-electron chi connectivity index (χ1n) is 5.22. The van der Waals surface area contributed by atoms with E-state index in [0.717, 1.165) is 6.07 Å². The van der Waals surface area contributed by atoms with E-state index in [1.807, 2.05) is 6.92 Å². The second-order valence-corrected chi connectivity index (χ2v) is 3.65. The molecule has 0 unspecified atom stereocenters. The molecule has 0 bridgehead atoms. The molecular weight excluding hydrogens is 237 g/mol. The molecule has 96 valence electrons. The number of hydrogen-bond donors (Lipinski definition) is 0. The molecular formula is C10H13F3N2O2. The highest BCUT2D eigenvalue weighted by atomic mass is 19.4. The first-order chi connectivity index (χ1) is 7.85. The molecule has 1 heterocycles. The van der Waals surface area contributed by atoms with Crippen molar-refractivity contribution in [2.45, 2.75) is 39.0 Å². The van der Waals surface area contributed by atoms with Crippen molar-refractivity contribution in [1.82, 2.24) is 9.13 Å². The van der Waals surface area contributed by atoms with E-state index in [1.54, 1.807) is 0 Å². The number of hydrogen-bond acceptors (Lipinski definition) is 2. The number of rotatable bonds is 4. The van der Waals surface area contributed by atoms with E-state index in [9.17, 15) is 22.8 Å². The van der Waals surface area contributed by atoms with Crippen LogP contribution in [0.4, 0.5) is 13.2 Å². The van der Waals surface area contributed by atoms with Crippen molar-refractivity contribution in [2.75, 3.05) is 0 Å². The number of aryl methyl sites for hydroxylation is 1. The molecule has 1 rings (SSSR count). The summed E-state index contributed by atoms with van der Waals surface area (Å²) in [5.41, 5.74) is -1.39. The molecule has 1 aromatic heterocycles. The van der Waals surface area contributed by atoms with E-state index >= 15 is 0 Å². The van der Waals surface area contributed by atoms with Crippen molar-refractivity contribution < 1.29 is 13.2 Å². The van der Waals surface area contributed by atoms with Crippen LogP contribution in [0.2, 0.25) is 0 Å². The highest BCUT2D eigenvalue weighted by Crippen LogP contribution is 2.19. The monoisotopic (exact) mass is 250 g/mol. The SMILES string of the molecule is CCCn1ccc(=O)n(CCC(F)(F)F)c1=O. The zero-order chi connectivity index (χ0) is 13.1. The van der Waals surface area contributed by atoms with Gasteiger partial charge in [-0.05, 0) is 6.42 Å². The molecule has 7 heteroatoms. The lowest BCUT2D eigenvalue weighted by molar-refractivity contribution is -0.137. The number of aromatic nitrogens is 2. The van der Waals surface area contributed by atoms with Gasteiger partial charge in [0, 0.05) is 25.4 Å². The summed E-state index contributed by atoms with van der Waals surface area (Å²) in [6.45, 7) is 1.58. The summed E-state index contributed by atoms with van der Waals surface area (Å²) in [7, 11) is 0. The number of nitrogens with zero attached hydrogens (tertiary/aromatic N) is 2. The Morgan fingerprint density at radius 3 is 2.41 bits per heavy atom. The normalized spacial score (nSPS) is 11.8. The molecule has 0 saturated carbocycles.